The van der Waals surface area contributed by atoms with Gasteiger partial charge in [-0.3, -0.25) is 9.54 Å². The molecule has 1 aromatic heterocycles. The van der Waals surface area contributed by atoms with Crippen molar-refractivity contribution in [1.29, 1.82) is 0 Å². The summed E-state index contributed by atoms with van der Waals surface area (Å²) < 4.78 is 32.8. The molecule has 0 amide bonds. The van der Waals surface area contributed by atoms with Gasteiger partial charge in [0, 0.05) is 12.4 Å². The molecule has 0 aliphatic heterocycles. The molecule has 0 fully saturated rings. The van der Waals surface area contributed by atoms with Gasteiger partial charge in [-0.25, -0.2) is 8.42 Å². The molecule has 1 rings (SSSR count). The summed E-state index contributed by atoms with van der Waals surface area (Å²) in [5, 5.41) is 0. The van der Waals surface area contributed by atoms with Crippen LogP contribution in [0, 0.1) is 0 Å². The molecule has 0 bridgehead atoms. The largest absolute Gasteiger partial charge is 1.00 e. The molecule has 12 heavy (non-hydrogen) atoms. The maximum absolute atomic E-state index is 8.63. The predicted octanol–water partition coefficient (Wildman–Crippen LogP) is 0.0837. The van der Waals surface area contributed by atoms with Gasteiger partial charge >= 0.3 is 19.5 Å². The number of hydrogen-bond donors (Lipinski definition) is 1. The Labute approximate surface area is 83.2 Å². The summed E-state index contributed by atoms with van der Waals surface area (Å²) in [7, 11) is -4.92. The first-order chi connectivity index (χ1) is 5.00. The second-order valence-corrected chi connectivity index (χ2v) is 2.31. The summed E-state index contributed by atoms with van der Waals surface area (Å²) in [4.78, 5) is 3.78. The van der Waals surface area contributed by atoms with Gasteiger partial charge in [0.05, 0.1) is 0 Å². The van der Waals surface area contributed by atoms with Crippen LogP contribution in [0.3, 0.4) is 0 Å². The van der Waals surface area contributed by atoms with Crippen LogP contribution < -0.4 is 0 Å². The molecular weight excluding hydrogens is 236 g/mol. The quantitative estimate of drug-likeness (QED) is 0.395. The predicted molar refractivity (Wildman–Crippen MR) is 36.6 cm³/mol. The molecule has 0 saturated carbocycles. The topological polar surface area (TPSA) is 90.3 Å². The van der Waals surface area contributed by atoms with E-state index in [4.69, 9.17) is 17.5 Å². The minimum atomic E-state index is -4.92. The van der Waals surface area contributed by atoms with Gasteiger partial charge in [-0.1, -0.05) is 6.07 Å². The summed E-state index contributed by atoms with van der Waals surface area (Å²) >= 11 is 0. The summed E-state index contributed by atoms with van der Waals surface area (Å²) in [5.41, 5.74) is 0. The van der Waals surface area contributed by atoms with Crippen molar-refractivity contribution in [3.05, 3.63) is 30.6 Å². The molecule has 1 radical (unpaired) electrons. The molecule has 0 saturated heterocycles. The van der Waals surface area contributed by atoms with Crippen molar-refractivity contribution in [2.45, 2.75) is 0 Å². The van der Waals surface area contributed by atoms with Gasteiger partial charge in [-0.15, -0.1) is 0 Å². The zero-order chi connectivity index (χ0) is 8.74. The monoisotopic (exact) mass is 240 g/mol. The fourth-order valence-corrected chi connectivity index (χ4v) is 0.313. The van der Waals surface area contributed by atoms with Crippen LogP contribution in [0.5, 0.6) is 0 Å². The number of pyridine rings is 1. The molecule has 63 valence electrons. The Morgan fingerprint density at radius 1 is 1.17 bits per heavy atom. The van der Waals surface area contributed by atoms with Crippen LogP contribution in [-0.4, -0.2) is 22.5 Å². The number of nitrogens with zero attached hydrogens (tertiary/aromatic N) is 1. The maximum atomic E-state index is 8.63. The molecule has 0 spiro atoms. The van der Waals surface area contributed by atoms with Crippen molar-refractivity contribution in [3.8, 4) is 0 Å². The van der Waals surface area contributed by atoms with Gasteiger partial charge < -0.3 is 4.55 Å². The molecule has 7 heteroatoms. The van der Waals surface area contributed by atoms with Gasteiger partial charge in [0.15, 0.2) is 0 Å². The van der Waals surface area contributed by atoms with Crippen molar-refractivity contribution in [2.24, 2.45) is 0 Å². The second kappa shape index (κ2) is 7.30. The van der Waals surface area contributed by atoms with Gasteiger partial charge in [0.1, 0.15) is 0 Å². The summed E-state index contributed by atoms with van der Waals surface area (Å²) in [6.45, 7) is 0. The first-order valence-electron chi connectivity index (χ1n) is 2.53. The molecule has 1 N–H and O–H groups in total. The van der Waals surface area contributed by atoms with E-state index >= 15 is 0 Å². The van der Waals surface area contributed by atoms with Gasteiger partial charge in [0.2, 0.25) is 10.4 Å². The average molecular weight is 242 g/mol. The Bertz CT molecular complexity index is 240. The van der Waals surface area contributed by atoms with Crippen LogP contribution in [-0.2, 0) is 29.9 Å². The van der Waals surface area contributed by atoms with Gasteiger partial charge in [-0.2, -0.15) is 0 Å². The van der Waals surface area contributed by atoms with Crippen LogP contribution in [0.15, 0.2) is 30.6 Å². The second-order valence-electron chi connectivity index (χ2n) is 1.45. The fourth-order valence-electron chi connectivity index (χ4n) is 0.313. The Morgan fingerprint density at radius 2 is 1.50 bits per heavy atom. The molecule has 0 aliphatic carbocycles. The van der Waals surface area contributed by atoms with Crippen LogP contribution in [0.4, 0.5) is 0 Å². The molecule has 0 aromatic carbocycles. The molecular formula is C5H6NO4SZn. The summed E-state index contributed by atoms with van der Waals surface area (Å²) in [6, 6.07) is 5.72. The van der Waals surface area contributed by atoms with E-state index < -0.39 is 10.4 Å². The Balaban J connectivity index is 0. The first kappa shape index (κ1) is 14.2. The summed E-state index contributed by atoms with van der Waals surface area (Å²) in [5.74, 6) is 0. The first-order valence-corrected chi connectivity index (χ1v) is 3.90. The Morgan fingerprint density at radius 3 is 1.58 bits per heavy atom. The van der Waals surface area contributed by atoms with Crippen molar-refractivity contribution < 1.29 is 37.0 Å². The summed E-state index contributed by atoms with van der Waals surface area (Å²) in [6.07, 6.45) is 3.50. The van der Waals surface area contributed by atoms with Crippen LogP contribution in [0.2, 0.25) is 0 Å². The Kier molecular flexibility index (Phi) is 8.63. The maximum Gasteiger partial charge on any atom is 1.00 e. The normalized spacial score (nSPS) is 8.83. The number of hydrogen-bond acceptors (Lipinski definition) is 4. The number of aromatic nitrogens is 1. The minimum Gasteiger partial charge on any atom is -0.726 e. The van der Waals surface area contributed by atoms with E-state index in [9.17, 15) is 0 Å². The minimum absolute atomic E-state index is 0. The standard InChI is InChI=1S/C5H5N.H2O4S.Zn/c1-2-4-6-5-3-1;1-5(2,3)4;/h1-5H;(H2,1,2,3,4);/q;;+1/p-1. The van der Waals surface area contributed by atoms with E-state index in [2.05, 4.69) is 4.98 Å². The van der Waals surface area contributed by atoms with E-state index in [-0.39, 0.29) is 19.5 Å². The molecule has 1 heterocycles. The molecule has 0 atom stereocenters. The van der Waals surface area contributed by atoms with E-state index in [0.29, 0.717) is 0 Å². The number of rotatable bonds is 0. The SMILES string of the molecule is O=S(=O)([O-])O.[Zn+].c1ccncc1. The molecule has 1 aromatic rings. The third-order valence-electron chi connectivity index (χ3n) is 0.566. The van der Waals surface area contributed by atoms with Crippen LogP contribution in [0.25, 0.3) is 0 Å². The van der Waals surface area contributed by atoms with Gasteiger partial charge in [-0.05, 0) is 12.1 Å². The third-order valence-corrected chi connectivity index (χ3v) is 0.566. The van der Waals surface area contributed by atoms with Crippen molar-refractivity contribution in [1.82, 2.24) is 4.98 Å². The smallest absolute Gasteiger partial charge is 0.726 e. The van der Waals surface area contributed by atoms with E-state index in [0.717, 1.165) is 0 Å². The van der Waals surface area contributed by atoms with Crippen molar-refractivity contribution >= 4 is 10.4 Å². The van der Waals surface area contributed by atoms with E-state index in [1.54, 1.807) is 12.4 Å². The van der Waals surface area contributed by atoms with E-state index in [1.807, 2.05) is 18.2 Å². The third kappa shape index (κ3) is 22.6. The van der Waals surface area contributed by atoms with Crippen LogP contribution >= 0.6 is 0 Å². The Hall–Kier alpha value is -0.357. The van der Waals surface area contributed by atoms with Crippen molar-refractivity contribution in [2.75, 3.05) is 0 Å². The van der Waals surface area contributed by atoms with Crippen LogP contribution in [0.1, 0.15) is 0 Å². The fraction of sp³-hybridized carbons (Fsp3) is 0. The molecule has 5 nitrogen and oxygen atoms in total. The zero-order valence-corrected chi connectivity index (χ0v) is 9.90. The van der Waals surface area contributed by atoms with E-state index in [1.165, 1.54) is 0 Å². The van der Waals surface area contributed by atoms with Gasteiger partial charge in [0.25, 0.3) is 0 Å². The van der Waals surface area contributed by atoms with Crippen molar-refractivity contribution in [3.63, 3.8) is 0 Å². The molecule has 0 unspecified atom stereocenters. The zero-order valence-electron chi connectivity index (χ0n) is 6.12. The average Bonchev–Trinajstić information content (AvgIpc) is 1.88. The molecule has 0 aliphatic rings.